The smallest absolute Gasteiger partial charge is 0.167 e. The number of rotatable bonds is 10. The third-order valence-corrected chi connectivity index (χ3v) is 5.02. The lowest BCUT2D eigenvalue weighted by atomic mass is 10.1. The van der Waals surface area contributed by atoms with Gasteiger partial charge in [0.05, 0.1) is 18.8 Å². The predicted octanol–water partition coefficient (Wildman–Crippen LogP) is 5.66. The molecule has 0 saturated heterocycles. The summed E-state index contributed by atoms with van der Waals surface area (Å²) >= 11 is 0. The molecule has 0 amide bonds. The first-order chi connectivity index (χ1) is 14.6. The minimum absolute atomic E-state index is 0.0859. The highest BCUT2D eigenvalue weighted by atomic mass is 16.5. The molecule has 1 N–H and O–H groups in total. The summed E-state index contributed by atoms with van der Waals surface area (Å²) < 4.78 is 11.3. The SMILES string of the molecule is CCCCCC(CC)Oc1ccc(-c2ncnc(-c3ccc(OC)cc3)n2)c(O)c1. The van der Waals surface area contributed by atoms with Crippen molar-refractivity contribution in [2.24, 2.45) is 0 Å². The van der Waals surface area contributed by atoms with Crippen molar-refractivity contribution in [2.45, 2.75) is 52.1 Å². The summed E-state index contributed by atoms with van der Waals surface area (Å²) in [7, 11) is 1.63. The first-order valence-electron chi connectivity index (χ1n) is 10.5. The van der Waals surface area contributed by atoms with E-state index in [-0.39, 0.29) is 11.9 Å². The monoisotopic (exact) mass is 407 g/mol. The maximum atomic E-state index is 10.6. The normalized spacial score (nSPS) is 11.8. The Kier molecular flexibility index (Phi) is 7.60. The Bertz CT molecular complexity index is 945. The quantitative estimate of drug-likeness (QED) is 0.437. The molecule has 1 atom stereocenters. The molecule has 0 spiro atoms. The molecule has 3 rings (SSSR count). The van der Waals surface area contributed by atoms with Crippen LogP contribution in [0.15, 0.2) is 48.8 Å². The molecule has 6 heteroatoms. The summed E-state index contributed by atoms with van der Waals surface area (Å²) in [5.74, 6) is 2.45. The molecular formula is C24H29N3O3. The second-order valence-electron chi connectivity index (χ2n) is 7.18. The Morgan fingerprint density at radius 2 is 1.67 bits per heavy atom. The van der Waals surface area contributed by atoms with Crippen LogP contribution in [-0.2, 0) is 0 Å². The lowest BCUT2D eigenvalue weighted by molar-refractivity contribution is 0.182. The van der Waals surface area contributed by atoms with E-state index < -0.39 is 0 Å². The highest BCUT2D eigenvalue weighted by Gasteiger charge is 2.13. The number of hydrogen-bond acceptors (Lipinski definition) is 6. The van der Waals surface area contributed by atoms with Gasteiger partial charge in [-0.3, -0.25) is 0 Å². The van der Waals surface area contributed by atoms with Crippen LogP contribution in [0.4, 0.5) is 0 Å². The van der Waals surface area contributed by atoms with Crippen molar-refractivity contribution in [1.29, 1.82) is 0 Å². The summed E-state index contributed by atoms with van der Waals surface area (Å²) in [5, 5.41) is 10.6. The summed E-state index contributed by atoms with van der Waals surface area (Å²) in [6, 6.07) is 12.8. The fourth-order valence-electron chi connectivity index (χ4n) is 3.24. The molecule has 0 bridgehead atoms. The van der Waals surface area contributed by atoms with Crippen molar-refractivity contribution in [1.82, 2.24) is 15.0 Å². The van der Waals surface area contributed by atoms with Crippen LogP contribution in [0.3, 0.4) is 0 Å². The lowest BCUT2D eigenvalue weighted by Gasteiger charge is -2.18. The zero-order valence-electron chi connectivity index (χ0n) is 17.8. The van der Waals surface area contributed by atoms with Crippen LogP contribution in [0.5, 0.6) is 17.2 Å². The number of nitrogens with zero attached hydrogens (tertiary/aromatic N) is 3. The minimum atomic E-state index is 0.0859. The van der Waals surface area contributed by atoms with Gasteiger partial charge in [-0.1, -0.05) is 26.7 Å². The first kappa shape index (κ1) is 21.6. The number of aromatic hydroxyl groups is 1. The average Bonchev–Trinajstić information content (AvgIpc) is 2.79. The molecule has 30 heavy (non-hydrogen) atoms. The fourth-order valence-corrected chi connectivity index (χ4v) is 3.24. The van der Waals surface area contributed by atoms with E-state index in [9.17, 15) is 5.11 Å². The van der Waals surface area contributed by atoms with Gasteiger partial charge in [-0.15, -0.1) is 0 Å². The van der Waals surface area contributed by atoms with Gasteiger partial charge in [-0.25, -0.2) is 15.0 Å². The molecule has 158 valence electrons. The number of aromatic nitrogens is 3. The van der Waals surface area contributed by atoms with Crippen molar-refractivity contribution < 1.29 is 14.6 Å². The maximum absolute atomic E-state index is 10.6. The van der Waals surface area contributed by atoms with Gasteiger partial charge in [0.2, 0.25) is 0 Å². The van der Waals surface area contributed by atoms with Crippen LogP contribution >= 0.6 is 0 Å². The first-order valence-corrected chi connectivity index (χ1v) is 10.5. The number of benzene rings is 2. The van der Waals surface area contributed by atoms with Gasteiger partial charge < -0.3 is 14.6 Å². The van der Waals surface area contributed by atoms with Crippen LogP contribution in [-0.4, -0.2) is 33.3 Å². The molecular weight excluding hydrogens is 378 g/mol. The van der Waals surface area contributed by atoms with E-state index in [1.807, 2.05) is 30.3 Å². The number of methoxy groups -OCH3 is 1. The van der Waals surface area contributed by atoms with Gasteiger partial charge in [0.15, 0.2) is 11.6 Å². The van der Waals surface area contributed by atoms with E-state index in [0.717, 1.165) is 30.6 Å². The second-order valence-corrected chi connectivity index (χ2v) is 7.18. The second kappa shape index (κ2) is 10.6. The van der Waals surface area contributed by atoms with Crippen molar-refractivity contribution in [3.63, 3.8) is 0 Å². The lowest BCUT2D eigenvalue weighted by Crippen LogP contribution is -2.15. The van der Waals surface area contributed by atoms with Crippen molar-refractivity contribution in [3.05, 3.63) is 48.8 Å². The largest absolute Gasteiger partial charge is 0.507 e. The summed E-state index contributed by atoms with van der Waals surface area (Å²) in [6.07, 6.45) is 7.11. The van der Waals surface area contributed by atoms with Crippen molar-refractivity contribution in [3.8, 4) is 40.0 Å². The van der Waals surface area contributed by atoms with E-state index >= 15 is 0 Å². The molecule has 0 radical (unpaired) electrons. The highest BCUT2D eigenvalue weighted by molar-refractivity contribution is 5.67. The van der Waals surface area contributed by atoms with Gasteiger partial charge in [-0.2, -0.15) is 0 Å². The molecule has 1 unspecified atom stereocenters. The minimum Gasteiger partial charge on any atom is -0.507 e. The van der Waals surface area contributed by atoms with Crippen LogP contribution in [0.2, 0.25) is 0 Å². The standard InChI is InChI=1S/C24H29N3O3/c1-4-6-7-8-18(5-2)30-20-13-14-21(22(28)15-20)24-26-16-25-23(27-24)17-9-11-19(29-3)12-10-17/h9-16,18,28H,4-8H2,1-3H3. The van der Waals surface area contributed by atoms with E-state index in [2.05, 4.69) is 28.8 Å². The molecule has 3 aromatic rings. The Hall–Kier alpha value is -3.15. The molecule has 2 aromatic carbocycles. The molecule has 1 heterocycles. The topological polar surface area (TPSA) is 77.4 Å². The van der Waals surface area contributed by atoms with Crippen molar-refractivity contribution in [2.75, 3.05) is 7.11 Å². The van der Waals surface area contributed by atoms with Gasteiger partial charge >= 0.3 is 0 Å². The summed E-state index contributed by atoms with van der Waals surface area (Å²) in [4.78, 5) is 13.0. The zero-order valence-corrected chi connectivity index (χ0v) is 17.8. The Labute approximate surface area is 178 Å². The Balaban J connectivity index is 1.77. The number of hydrogen-bond donors (Lipinski definition) is 1. The van der Waals surface area contributed by atoms with E-state index in [1.165, 1.54) is 19.2 Å². The molecule has 1 aromatic heterocycles. The molecule has 0 aliphatic heterocycles. The molecule has 0 fully saturated rings. The van der Waals surface area contributed by atoms with Crippen LogP contribution in [0.25, 0.3) is 22.8 Å². The average molecular weight is 408 g/mol. The summed E-state index contributed by atoms with van der Waals surface area (Å²) in [6.45, 7) is 4.32. The van der Waals surface area contributed by atoms with Crippen molar-refractivity contribution >= 4 is 0 Å². The molecule has 6 nitrogen and oxygen atoms in total. The number of ether oxygens (including phenoxy) is 2. The maximum Gasteiger partial charge on any atom is 0.167 e. The van der Waals surface area contributed by atoms with E-state index in [4.69, 9.17) is 9.47 Å². The highest BCUT2D eigenvalue weighted by Crippen LogP contribution is 2.32. The molecule has 0 aliphatic carbocycles. The van der Waals surface area contributed by atoms with Crippen LogP contribution in [0.1, 0.15) is 46.0 Å². The van der Waals surface area contributed by atoms with Crippen LogP contribution in [0, 0.1) is 0 Å². The number of phenols is 1. The summed E-state index contributed by atoms with van der Waals surface area (Å²) in [5.41, 5.74) is 1.38. The fraction of sp³-hybridized carbons (Fsp3) is 0.375. The van der Waals surface area contributed by atoms with E-state index in [1.54, 1.807) is 19.2 Å². The van der Waals surface area contributed by atoms with E-state index in [0.29, 0.717) is 23.0 Å². The molecule has 0 aliphatic rings. The Morgan fingerprint density at radius 1 is 0.933 bits per heavy atom. The molecule has 0 saturated carbocycles. The number of phenolic OH excluding ortho intramolecular Hbond substituents is 1. The van der Waals surface area contributed by atoms with Crippen LogP contribution < -0.4 is 9.47 Å². The van der Waals surface area contributed by atoms with Gasteiger partial charge in [0, 0.05) is 11.6 Å². The zero-order chi connectivity index (χ0) is 21.3. The predicted molar refractivity (Wildman–Crippen MR) is 118 cm³/mol. The Morgan fingerprint density at radius 3 is 2.33 bits per heavy atom. The third kappa shape index (κ3) is 5.47. The van der Waals surface area contributed by atoms with Gasteiger partial charge in [0.25, 0.3) is 0 Å². The van der Waals surface area contributed by atoms with Gasteiger partial charge in [-0.05, 0) is 55.7 Å². The number of unbranched alkanes of at least 4 members (excludes halogenated alkanes) is 2. The van der Waals surface area contributed by atoms with Gasteiger partial charge in [0.1, 0.15) is 23.6 Å². The third-order valence-electron chi connectivity index (χ3n) is 5.02.